The first-order valence-corrected chi connectivity index (χ1v) is 7.92. The fourth-order valence-corrected chi connectivity index (χ4v) is 3.94. The van der Waals surface area contributed by atoms with Gasteiger partial charge in [-0.25, -0.2) is 4.79 Å². The standard InChI is InChI=1S/C16H22N4O/c21-15(20-10-12-1-4-18-8-13(12)11-20)19-9-14-7-16(14)2-5-17-6-3-16/h1,4,8,14,17H,2-3,5-7,9-11H2,(H,19,21). The number of carbonyl (C=O) groups excluding carboxylic acids is 1. The SMILES string of the molecule is O=C(NCC1CC12CCNCC2)N1Cc2ccncc2C1. The molecule has 112 valence electrons. The normalized spacial score (nSPS) is 25.7. The highest BCUT2D eigenvalue weighted by atomic mass is 16.2. The van der Waals surface area contributed by atoms with Crippen molar-refractivity contribution in [3.63, 3.8) is 0 Å². The molecule has 1 saturated heterocycles. The Balaban J connectivity index is 1.28. The number of nitrogens with one attached hydrogen (secondary N) is 2. The molecule has 1 atom stereocenters. The van der Waals surface area contributed by atoms with Crippen LogP contribution < -0.4 is 10.6 Å². The first-order valence-electron chi connectivity index (χ1n) is 7.92. The van der Waals surface area contributed by atoms with E-state index in [0.717, 1.165) is 19.6 Å². The average molecular weight is 286 g/mol. The van der Waals surface area contributed by atoms with Crippen molar-refractivity contribution in [3.8, 4) is 0 Å². The smallest absolute Gasteiger partial charge is 0.318 e. The van der Waals surface area contributed by atoms with Gasteiger partial charge in [-0.2, -0.15) is 0 Å². The molecule has 2 aliphatic heterocycles. The third-order valence-corrected chi connectivity index (χ3v) is 5.47. The summed E-state index contributed by atoms with van der Waals surface area (Å²) in [6.07, 6.45) is 7.50. The second-order valence-corrected chi connectivity index (χ2v) is 6.70. The van der Waals surface area contributed by atoms with Gasteiger partial charge in [0.1, 0.15) is 0 Å². The largest absolute Gasteiger partial charge is 0.338 e. The number of fused-ring (bicyclic) bond motifs is 1. The monoisotopic (exact) mass is 286 g/mol. The summed E-state index contributed by atoms with van der Waals surface area (Å²) in [6.45, 7) is 4.51. The molecule has 1 aromatic heterocycles. The Labute approximate surface area is 125 Å². The summed E-state index contributed by atoms with van der Waals surface area (Å²) >= 11 is 0. The predicted octanol–water partition coefficient (Wildman–Crippen LogP) is 1.50. The summed E-state index contributed by atoms with van der Waals surface area (Å²) < 4.78 is 0. The van der Waals surface area contributed by atoms with Gasteiger partial charge in [0.15, 0.2) is 0 Å². The second kappa shape index (κ2) is 4.98. The number of nitrogens with zero attached hydrogens (tertiary/aromatic N) is 2. The quantitative estimate of drug-likeness (QED) is 0.866. The van der Waals surface area contributed by atoms with Crippen molar-refractivity contribution in [2.45, 2.75) is 32.4 Å². The molecule has 1 saturated carbocycles. The second-order valence-electron chi connectivity index (χ2n) is 6.70. The van der Waals surface area contributed by atoms with Gasteiger partial charge < -0.3 is 15.5 Å². The van der Waals surface area contributed by atoms with Crippen molar-refractivity contribution in [2.75, 3.05) is 19.6 Å². The first kappa shape index (κ1) is 13.1. The molecule has 2 fully saturated rings. The van der Waals surface area contributed by atoms with Crippen LogP contribution in [-0.2, 0) is 13.1 Å². The Morgan fingerprint density at radius 3 is 3.00 bits per heavy atom. The van der Waals surface area contributed by atoms with Crippen LogP contribution in [0.3, 0.4) is 0 Å². The van der Waals surface area contributed by atoms with Crippen LogP contribution >= 0.6 is 0 Å². The number of amides is 2. The van der Waals surface area contributed by atoms with E-state index in [-0.39, 0.29) is 6.03 Å². The Hall–Kier alpha value is -1.62. The molecule has 0 radical (unpaired) electrons. The summed E-state index contributed by atoms with van der Waals surface area (Å²) in [5.41, 5.74) is 2.94. The van der Waals surface area contributed by atoms with Crippen LogP contribution in [0.25, 0.3) is 0 Å². The first-order chi connectivity index (χ1) is 10.3. The highest BCUT2D eigenvalue weighted by molar-refractivity contribution is 5.75. The third-order valence-electron chi connectivity index (χ3n) is 5.47. The molecule has 2 N–H and O–H groups in total. The number of hydrogen-bond acceptors (Lipinski definition) is 3. The maximum atomic E-state index is 12.3. The fraction of sp³-hybridized carbons (Fsp3) is 0.625. The molecule has 5 nitrogen and oxygen atoms in total. The van der Waals surface area contributed by atoms with Gasteiger partial charge in [0.25, 0.3) is 0 Å². The molecule has 3 heterocycles. The summed E-state index contributed by atoms with van der Waals surface area (Å²) in [4.78, 5) is 18.3. The lowest BCUT2D eigenvalue weighted by atomic mass is 9.92. The highest BCUT2D eigenvalue weighted by Gasteiger charge is 2.53. The summed E-state index contributed by atoms with van der Waals surface area (Å²) in [6, 6.07) is 2.08. The minimum absolute atomic E-state index is 0.0715. The number of pyridine rings is 1. The molecular formula is C16H22N4O. The van der Waals surface area contributed by atoms with Gasteiger partial charge in [-0.3, -0.25) is 4.98 Å². The van der Waals surface area contributed by atoms with E-state index in [4.69, 9.17) is 0 Å². The number of urea groups is 1. The molecule has 21 heavy (non-hydrogen) atoms. The third kappa shape index (κ3) is 2.39. The Morgan fingerprint density at radius 1 is 1.38 bits per heavy atom. The molecule has 1 spiro atoms. The number of carbonyl (C=O) groups is 1. The summed E-state index contributed by atoms with van der Waals surface area (Å²) in [5.74, 6) is 0.690. The number of rotatable bonds is 2. The number of piperidine rings is 1. The molecule has 4 rings (SSSR count). The van der Waals surface area contributed by atoms with E-state index in [2.05, 4.69) is 15.6 Å². The number of hydrogen-bond donors (Lipinski definition) is 2. The van der Waals surface area contributed by atoms with Crippen molar-refractivity contribution >= 4 is 6.03 Å². The van der Waals surface area contributed by atoms with Crippen LogP contribution in [0.1, 0.15) is 30.4 Å². The van der Waals surface area contributed by atoms with Crippen molar-refractivity contribution in [1.29, 1.82) is 0 Å². The Morgan fingerprint density at radius 2 is 2.19 bits per heavy atom. The lowest BCUT2D eigenvalue weighted by Gasteiger charge is -2.24. The van der Waals surface area contributed by atoms with Crippen LogP contribution in [0.15, 0.2) is 18.5 Å². The van der Waals surface area contributed by atoms with Crippen LogP contribution in [0, 0.1) is 11.3 Å². The van der Waals surface area contributed by atoms with Crippen molar-refractivity contribution < 1.29 is 4.79 Å². The Kier molecular flexibility index (Phi) is 3.10. The van der Waals surface area contributed by atoms with Crippen LogP contribution in [0.2, 0.25) is 0 Å². The van der Waals surface area contributed by atoms with Crippen LogP contribution in [-0.4, -0.2) is 35.5 Å². The highest BCUT2D eigenvalue weighted by Crippen LogP contribution is 2.58. The molecule has 1 unspecified atom stereocenters. The molecule has 2 amide bonds. The molecule has 1 aromatic rings. The van der Waals surface area contributed by atoms with Gasteiger partial charge in [0, 0.05) is 32.0 Å². The topological polar surface area (TPSA) is 57.3 Å². The zero-order valence-electron chi connectivity index (χ0n) is 12.3. The fourth-order valence-electron chi connectivity index (χ4n) is 3.94. The van der Waals surface area contributed by atoms with E-state index in [1.165, 1.54) is 30.4 Å². The van der Waals surface area contributed by atoms with Crippen LogP contribution in [0.5, 0.6) is 0 Å². The van der Waals surface area contributed by atoms with Gasteiger partial charge in [-0.15, -0.1) is 0 Å². The van der Waals surface area contributed by atoms with Crippen molar-refractivity contribution in [2.24, 2.45) is 11.3 Å². The molecule has 5 heteroatoms. The molecule has 0 bridgehead atoms. The molecule has 3 aliphatic rings. The minimum Gasteiger partial charge on any atom is -0.338 e. The van der Waals surface area contributed by atoms with Gasteiger partial charge in [0.05, 0.1) is 0 Å². The van der Waals surface area contributed by atoms with E-state index in [1.807, 2.05) is 17.2 Å². The average Bonchev–Trinajstić information content (AvgIpc) is 2.99. The maximum absolute atomic E-state index is 12.3. The Bertz CT molecular complexity index is 528. The van der Waals surface area contributed by atoms with Crippen LogP contribution in [0.4, 0.5) is 4.79 Å². The zero-order chi connectivity index (χ0) is 14.3. The van der Waals surface area contributed by atoms with Gasteiger partial charge in [-0.1, -0.05) is 0 Å². The number of aromatic nitrogens is 1. The van der Waals surface area contributed by atoms with Gasteiger partial charge in [0.2, 0.25) is 0 Å². The van der Waals surface area contributed by atoms with Crippen molar-refractivity contribution in [3.05, 3.63) is 29.6 Å². The minimum atomic E-state index is 0.0715. The summed E-state index contributed by atoms with van der Waals surface area (Å²) in [7, 11) is 0. The van der Waals surface area contributed by atoms with E-state index in [9.17, 15) is 4.79 Å². The molecular weight excluding hydrogens is 264 g/mol. The lowest BCUT2D eigenvalue weighted by molar-refractivity contribution is 0.197. The van der Waals surface area contributed by atoms with E-state index < -0.39 is 0 Å². The predicted molar refractivity (Wildman–Crippen MR) is 79.5 cm³/mol. The van der Waals surface area contributed by atoms with E-state index in [1.54, 1.807) is 6.20 Å². The zero-order valence-corrected chi connectivity index (χ0v) is 12.3. The van der Waals surface area contributed by atoms with E-state index in [0.29, 0.717) is 24.4 Å². The van der Waals surface area contributed by atoms with E-state index >= 15 is 0 Å². The van der Waals surface area contributed by atoms with Gasteiger partial charge in [-0.05, 0) is 60.9 Å². The molecule has 1 aliphatic carbocycles. The molecule has 0 aromatic carbocycles. The van der Waals surface area contributed by atoms with Gasteiger partial charge >= 0.3 is 6.03 Å². The van der Waals surface area contributed by atoms with Crippen molar-refractivity contribution in [1.82, 2.24) is 20.5 Å². The summed E-state index contributed by atoms with van der Waals surface area (Å²) in [5, 5.41) is 6.56. The lowest BCUT2D eigenvalue weighted by Crippen LogP contribution is -2.38. The maximum Gasteiger partial charge on any atom is 0.318 e.